The number of amides is 1. The van der Waals surface area contributed by atoms with E-state index in [1.807, 2.05) is 11.8 Å². The molecule has 0 aliphatic carbocycles. The summed E-state index contributed by atoms with van der Waals surface area (Å²) in [5.74, 6) is 0.198. The van der Waals surface area contributed by atoms with E-state index in [-0.39, 0.29) is 11.9 Å². The van der Waals surface area contributed by atoms with Gasteiger partial charge < -0.3 is 15.0 Å². The lowest BCUT2D eigenvalue weighted by Gasteiger charge is -2.28. The predicted octanol–water partition coefficient (Wildman–Crippen LogP) is 1.12. The van der Waals surface area contributed by atoms with E-state index in [1.165, 1.54) is 0 Å². The van der Waals surface area contributed by atoms with Crippen LogP contribution < -0.4 is 5.32 Å². The van der Waals surface area contributed by atoms with E-state index in [0.29, 0.717) is 26.2 Å². The Hall–Kier alpha value is -0.390. The fraction of sp³-hybridized carbons (Fsp3) is 0.727. The van der Waals surface area contributed by atoms with Gasteiger partial charge in [-0.05, 0) is 6.92 Å². The smallest absolute Gasteiger partial charge is 0.224 e. The monoisotopic (exact) mass is 290 g/mol. The highest BCUT2D eigenvalue weighted by Gasteiger charge is 2.18. The number of hydrogen-bond donors (Lipinski definition) is 1. The summed E-state index contributed by atoms with van der Waals surface area (Å²) in [6.07, 6.45) is 0.528. The third-order valence-electron chi connectivity index (χ3n) is 2.49. The van der Waals surface area contributed by atoms with Gasteiger partial charge in [0.1, 0.15) is 0 Å². The summed E-state index contributed by atoms with van der Waals surface area (Å²) in [5, 5.41) is 3.23. The van der Waals surface area contributed by atoms with Crippen molar-refractivity contribution in [2.24, 2.45) is 0 Å². The minimum Gasteiger partial charge on any atom is -0.378 e. The molecule has 1 fully saturated rings. The Morgan fingerprint density at radius 2 is 2.19 bits per heavy atom. The van der Waals surface area contributed by atoms with Gasteiger partial charge in [0.15, 0.2) is 0 Å². The summed E-state index contributed by atoms with van der Waals surface area (Å²) < 4.78 is 6.11. The Kier molecular flexibility index (Phi) is 6.01. The van der Waals surface area contributed by atoms with Crippen LogP contribution in [0.5, 0.6) is 0 Å². The van der Waals surface area contributed by atoms with Crippen molar-refractivity contribution in [2.45, 2.75) is 19.4 Å². The molecule has 92 valence electrons. The second kappa shape index (κ2) is 7.04. The average Bonchev–Trinajstić information content (AvgIpc) is 2.27. The van der Waals surface area contributed by atoms with E-state index in [9.17, 15) is 4.79 Å². The lowest BCUT2D eigenvalue weighted by molar-refractivity contribution is -0.135. The summed E-state index contributed by atoms with van der Waals surface area (Å²) in [6, 6.07) is 0.171. The highest BCUT2D eigenvalue weighted by Crippen LogP contribution is 2.04. The molecule has 0 bridgehead atoms. The summed E-state index contributed by atoms with van der Waals surface area (Å²) in [7, 11) is 0. The van der Waals surface area contributed by atoms with E-state index in [2.05, 4.69) is 27.8 Å². The number of hydrogen-bond acceptors (Lipinski definition) is 3. The first-order valence-electron chi connectivity index (χ1n) is 5.52. The normalized spacial score (nSPS) is 18.2. The number of nitrogens with one attached hydrogen (secondary N) is 1. The molecule has 0 aromatic carbocycles. The molecule has 1 aliphatic rings. The van der Waals surface area contributed by atoms with Crippen molar-refractivity contribution < 1.29 is 9.53 Å². The van der Waals surface area contributed by atoms with Crippen molar-refractivity contribution in [1.82, 2.24) is 10.2 Å². The van der Waals surface area contributed by atoms with Gasteiger partial charge in [-0.15, -0.1) is 0 Å². The average molecular weight is 291 g/mol. The number of carbonyl (C=O) groups excluding carboxylic acids is 1. The second-order valence-electron chi connectivity index (χ2n) is 4.00. The third-order valence-corrected chi connectivity index (χ3v) is 2.77. The van der Waals surface area contributed by atoms with Gasteiger partial charge in [-0.25, -0.2) is 0 Å². The van der Waals surface area contributed by atoms with Crippen molar-refractivity contribution in [3.8, 4) is 0 Å². The third kappa shape index (κ3) is 5.09. The van der Waals surface area contributed by atoms with Gasteiger partial charge in [0.05, 0.1) is 13.2 Å². The first-order valence-corrected chi connectivity index (χ1v) is 6.31. The number of rotatable bonds is 5. The topological polar surface area (TPSA) is 41.6 Å². The first kappa shape index (κ1) is 13.7. The van der Waals surface area contributed by atoms with Crippen LogP contribution in [0, 0.1) is 0 Å². The summed E-state index contributed by atoms with van der Waals surface area (Å²) in [5.41, 5.74) is 0. The summed E-state index contributed by atoms with van der Waals surface area (Å²) in [4.78, 5) is 13.7. The van der Waals surface area contributed by atoms with E-state index in [4.69, 9.17) is 4.74 Å². The molecule has 1 saturated heterocycles. The molecule has 4 nitrogen and oxygen atoms in total. The number of morpholine rings is 1. The van der Waals surface area contributed by atoms with Crippen molar-refractivity contribution in [1.29, 1.82) is 0 Å². The maximum absolute atomic E-state index is 11.8. The first-order chi connectivity index (χ1) is 7.59. The van der Waals surface area contributed by atoms with Crippen LogP contribution in [0.4, 0.5) is 0 Å². The van der Waals surface area contributed by atoms with Crippen LogP contribution >= 0.6 is 15.9 Å². The zero-order valence-corrected chi connectivity index (χ0v) is 11.3. The Bertz CT molecular complexity index is 252. The highest BCUT2D eigenvalue weighted by molar-refractivity contribution is 9.11. The SMILES string of the molecule is C=C(Br)CNC(C)CC(=O)N1CCOCC1. The number of nitrogens with zero attached hydrogens (tertiary/aromatic N) is 1. The van der Waals surface area contributed by atoms with Crippen molar-refractivity contribution in [3.05, 3.63) is 11.1 Å². The van der Waals surface area contributed by atoms with Crippen LogP contribution in [-0.4, -0.2) is 49.7 Å². The quantitative estimate of drug-likeness (QED) is 0.825. The zero-order valence-electron chi connectivity index (χ0n) is 9.67. The summed E-state index contributed by atoms with van der Waals surface area (Å²) in [6.45, 7) is 9.19. The second-order valence-corrected chi connectivity index (χ2v) is 5.12. The lowest BCUT2D eigenvalue weighted by atomic mass is 10.2. The summed E-state index contributed by atoms with van der Waals surface area (Å²) >= 11 is 3.28. The molecular weight excluding hydrogens is 272 g/mol. The van der Waals surface area contributed by atoms with Crippen LogP contribution in [0.2, 0.25) is 0 Å². The van der Waals surface area contributed by atoms with E-state index >= 15 is 0 Å². The molecule has 1 amide bonds. The van der Waals surface area contributed by atoms with Gasteiger partial charge in [-0.2, -0.15) is 0 Å². The molecule has 5 heteroatoms. The van der Waals surface area contributed by atoms with Gasteiger partial charge in [0.25, 0.3) is 0 Å². The maximum atomic E-state index is 11.8. The minimum atomic E-state index is 0.171. The Morgan fingerprint density at radius 3 is 2.75 bits per heavy atom. The molecule has 1 aliphatic heterocycles. The van der Waals surface area contributed by atoms with Crippen molar-refractivity contribution >= 4 is 21.8 Å². The Balaban J connectivity index is 2.23. The molecule has 0 saturated carbocycles. The van der Waals surface area contributed by atoms with E-state index in [1.54, 1.807) is 0 Å². The molecule has 0 spiro atoms. The van der Waals surface area contributed by atoms with Crippen LogP contribution in [0.25, 0.3) is 0 Å². The standard InChI is InChI=1S/C11H19BrN2O2/c1-9(12)8-13-10(2)7-11(15)14-3-5-16-6-4-14/h10,13H,1,3-8H2,2H3. The molecular formula is C11H19BrN2O2. The van der Waals surface area contributed by atoms with Gasteiger partial charge >= 0.3 is 0 Å². The van der Waals surface area contributed by atoms with Crippen LogP contribution in [0.3, 0.4) is 0 Å². The van der Waals surface area contributed by atoms with Crippen molar-refractivity contribution in [2.75, 3.05) is 32.8 Å². The Labute approximate surface area is 105 Å². The van der Waals surface area contributed by atoms with Crippen LogP contribution in [0.1, 0.15) is 13.3 Å². The van der Waals surface area contributed by atoms with E-state index in [0.717, 1.165) is 17.6 Å². The van der Waals surface area contributed by atoms with Gasteiger partial charge in [-0.1, -0.05) is 22.5 Å². The Morgan fingerprint density at radius 1 is 1.56 bits per heavy atom. The van der Waals surface area contributed by atoms with Gasteiger partial charge in [0.2, 0.25) is 5.91 Å². The molecule has 1 heterocycles. The predicted molar refractivity (Wildman–Crippen MR) is 67.5 cm³/mol. The highest BCUT2D eigenvalue weighted by atomic mass is 79.9. The minimum absolute atomic E-state index is 0.171. The van der Waals surface area contributed by atoms with Gasteiger partial charge in [0, 0.05) is 36.6 Å². The fourth-order valence-corrected chi connectivity index (χ4v) is 1.72. The number of carbonyl (C=O) groups is 1. The molecule has 0 aromatic heterocycles. The molecule has 1 atom stereocenters. The molecule has 1 rings (SSSR count). The van der Waals surface area contributed by atoms with E-state index < -0.39 is 0 Å². The largest absolute Gasteiger partial charge is 0.378 e. The lowest BCUT2D eigenvalue weighted by Crippen LogP contribution is -2.43. The maximum Gasteiger partial charge on any atom is 0.224 e. The number of halogens is 1. The molecule has 0 aromatic rings. The van der Waals surface area contributed by atoms with Crippen LogP contribution in [0.15, 0.2) is 11.1 Å². The zero-order chi connectivity index (χ0) is 12.0. The molecule has 1 N–H and O–H groups in total. The molecule has 0 radical (unpaired) electrons. The van der Waals surface area contributed by atoms with Crippen LogP contribution in [-0.2, 0) is 9.53 Å². The fourth-order valence-electron chi connectivity index (χ4n) is 1.56. The molecule has 16 heavy (non-hydrogen) atoms. The van der Waals surface area contributed by atoms with Crippen molar-refractivity contribution in [3.63, 3.8) is 0 Å². The number of ether oxygens (including phenoxy) is 1. The molecule has 1 unspecified atom stereocenters. The van der Waals surface area contributed by atoms with Gasteiger partial charge in [-0.3, -0.25) is 4.79 Å².